The smallest absolute Gasteiger partial charge is 0.259 e. The number of ether oxygens (including phenoxy) is 1. The Hall–Kier alpha value is -3.32. The molecule has 0 spiro atoms. The first-order chi connectivity index (χ1) is 14.0. The zero-order chi connectivity index (χ0) is 20.8. The van der Waals surface area contributed by atoms with Crippen LogP contribution in [-0.4, -0.2) is 29.5 Å². The van der Waals surface area contributed by atoms with Crippen LogP contribution in [0.4, 0.5) is 23.0 Å². The standard InChI is InChI=1S/C21H22ClN5O2/c1-4-23-19-12-20(25-13(2)24-19)26-15-6-8-16(9-7-15)27-21(28)17-11-14(22)5-10-18(17)29-3/h5-12H,4H2,1-3H3,(H,27,28)(H2,23,24,25,26). The summed E-state index contributed by atoms with van der Waals surface area (Å²) in [6, 6.07) is 14.1. The number of halogens is 1. The van der Waals surface area contributed by atoms with E-state index in [9.17, 15) is 4.79 Å². The van der Waals surface area contributed by atoms with Crippen molar-refractivity contribution >= 4 is 40.5 Å². The Morgan fingerprint density at radius 2 is 1.72 bits per heavy atom. The van der Waals surface area contributed by atoms with Gasteiger partial charge < -0.3 is 20.7 Å². The first kappa shape index (κ1) is 20.4. The fourth-order valence-corrected chi connectivity index (χ4v) is 2.92. The van der Waals surface area contributed by atoms with Crippen LogP contribution in [0.15, 0.2) is 48.5 Å². The van der Waals surface area contributed by atoms with Gasteiger partial charge in [0.1, 0.15) is 23.2 Å². The molecule has 0 bridgehead atoms. The number of rotatable bonds is 7. The minimum absolute atomic E-state index is 0.299. The van der Waals surface area contributed by atoms with Crippen LogP contribution in [0.25, 0.3) is 0 Å². The minimum Gasteiger partial charge on any atom is -0.496 e. The first-order valence-electron chi connectivity index (χ1n) is 9.10. The second kappa shape index (κ2) is 9.25. The average Bonchev–Trinajstić information content (AvgIpc) is 2.69. The van der Waals surface area contributed by atoms with Crippen molar-refractivity contribution in [2.24, 2.45) is 0 Å². The molecule has 1 amide bonds. The lowest BCUT2D eigenvalue weighted by Gasteiger charge is -2.11. The number of hydrogen-bond acceptors (Lipinski definition) is 6. The number of carbonyl (C=O) groups excluding carboxylic acids is 1. The topological polar surface area (TPSA) is 88.2 Å². The van der Waals surface area contributed by atoms with Gasteiger partial charge in [0.2, 0.25) is 0 Å². The zero-order valence-corrected chi connectivity index (χ0v) is 17.2. The van der Waals surface area contributed by atoms with Crippen LogP contribution < -0.4 is 20.7 Å². The predicted molar refractivity (Wildman–Crippen MR) is 117 cm³/mol. The number of benzene rings is 2. The van der Waals surface area contributed by atoms with E-state index in [1.165, 1.54) is 7.11 Å². The second-order valence-corrected chi connectivity index (χ2v) is 6.65. The van der Waals surface area contributed by atoms with E-state index in [1.54, 1.807) is 30.3 Å². The highest BCUT2D eigenvalue weighted by Gasteiger charge is 2.13. The van der Waals surface area contributed by atoms with Crippen molar-refractivity contribution in [2.45, 2.75) is 13.8 Å². The first-order valence-corrected chi connectivity index (χ1v) is 9.48. The van der Waals surface area contributed by atoms with E-state index in [0.717, 1.165) is 18.1 Å². The average molecular weight is 412 g/mol. The van der Waals surface area contributed by atoms with Gasteiger partial charge in [0, 0.05) is 29.0 Å². The molecule has 0 fully saturated rings. The molecule has 0 atom stereocenters. The summed E-state index contributed by atoms with van der Waals surface area (Å²) in [4.78, 5) is 21.3. The molecule has 3 aromatic rings. The molecule has 0 aliphatic heterocycles. The van der Waals surface area contributed by atoms with Gasteiger partial charge in [-0.3, -0.25) is 4.79 Å². The highest BCUT2D eigenvalue weighted by atomic mass is 35.5. The maximum absolute atomic E-state index is 12.6. The molecule has 8 heteroatoms. The number of hydrogen-bond donors (Lipinski definition) is 3. The van der Waals surface area contributed by atoms with Crippen molar-refractivity contribution in [1.29, 1.82) is 0 Å². The molecule has 0 unspecified atom stereocenters. The Bertz CT molecular complexity index is 1010. The van der Waals surface area contributed by atoms with Crippen LogP contribution in [-0.2, 0) is 0 Å². The van der Waals surface area contributed by atoms with Gasteiger partial charge in [-0.25, -0.2) is 9.97 Å². The summed E-state index contributed by atoms with van der Waals surface area (Å²) in [6.45, 7) is 4.63. The SMILES string of the molecule is CCNc1cc(Nc2ccc(NC(=O)c3cc(Cl)ccc3OC)cc2)nc(C)n1. The van der Waals surface area contributed by atoms with E-state index in [-0.39, 0.29) is 5.91 Å². The van der Waals surface area contributed by atoms with Gasteiger partial charge in [-0.15, -0.1) is 0 Å². The molecule has 2 aromatic carbocycles. The van der Waals surface area contributed by atoms with Crippen molar-refractivity contribution in [2.75, 3.05) is 29.6 Å². The molecule has 1 aromatic heterocycles. The third-order valence-corrected chi connectivity index (χ3v) is 4.25. The molecule has 7 nitrogen and oxygen atoms in total. The summed E-state index contributed by atoms with van der Waals surface area (Å²) in [5, 5.41) is 9.73. The van der Waals surface area contributed by atoms with Crippen molar-refractivity contribution in [1.82, 2.24) is 9.97 Å². The fourth-order valence-electron chi connectivity index (χ4n) is 2.74. The number of aryl methyl sites for hydroxylation is 1. The highest BCUT2D eigenvalue weighted by molar-refractivity contribution is 6.31. The van der Waals surface area contributed by atoms with Gasteiger partial charge in [0.05, 0.1) is 12.7 Å². The highest BCUT2D eigenvalue weighted by Crippen LogP contribution is 2.24. The molecule has 3 rings (SSSR count). The third kappa shape index (κ3) is 5.36. The summed E-state index contributed by atoms with van der Waals surface area (Å²) >= 11 is 6.00. The van der Waals surface area contributed by atoms with Gasteiger partial charge in [-0.05, 0) is 56.3 Å². The number of carbonyl (C=O) groups is 1. The van der Waals surface area contributed by atoms with Crippen molar-refractivity contribution in [3.05, 3.63) is 64.9 Å². The van der Waals surface area contributed by atoms with Crippen LogP contribution in [0.1, 0.15) is 23.1 Å². The molecule has 0 aliphatic rings. The normalized spacial score (nSPS) is 10.3. The Morgan fingerprint density at radius 3 is 2.41 bits per heavy atom. The van der Waals surface area contributed by atoms with E-state index in [0.29, 0.717) is 33.7 Å². The Balaban J connectivity index is 1.71. The predicted octanol–water partition coefficient (Wildman–Crippen LogP) is 4.87. The van der Waals surface area contributed by atoms with Crippen LogP contribution in [0.2, 0.25) is 5.02 Å². The van der Waals surface area contributed by atoms with E-state index in [1.807, 2.05) is 32.0 Å². The molecule has 0 saturated carbocycles. The van der Waals surface area contributed by atoms with Crippen LogP contribution in [0.3, 0.4) is 0 Å². The molecule has 3 N–H and O–H groups in total. The Labute approximate surface area is 174 Å². The fraction of sp³-hybridized carbons (Fsp3) is 0.190. The van der Waals surface area contributed by atoms with Gasteiger partial charge >= 0.3 is 0 Å². The minimum atomic E-state index is -0.299. The van der Waals surface area contributed by atoms with E-state index >= 15 is 0 Å². The summed E-state index contributed by atoms with van der Waals surface area (Å²) < 4.78 is 5.23. The number of aromatic nitrogens is 2. The third-order valence-electron chi connectivity index (χ3n) is 4.02. The maximum atomic E-state index is 12.6. The molecule has 150 valence electrons. The molecular formula is C21H22ClN5O2. The van der Waals surface area contributed by atoms with Crippen LogP contribution in [0, 0.1) is 6.92 Å². The molecule has 1 heterocycles. The molecule has 0 aliphatic carbocycles. The van der Waals surface area contributed by atoms with E-state index in [2.05, 4.69) is 25.9 Å². The Kier molecular flexibility index (Phi) is 6.51. The van der Waals surface area contributed by atoms with Crippen LogP contribution >= 0.6 is 11.6 Å². The molecular weight excluding hydrogens is 390 g/mol. The monoisotopic (exact) mass is 411 g/mol. The largest absolute Gasteiger partial charge is 0.496 e. The summed E-state index contributed by atoms with van der Waals surface area (Å²) in [7, 11) is 1.51. The molecule has 0 radical (unpaired) electrons. The lowest BCUT2D eigenvalue weighted by molar-refractivity contribution is 0.102. The lowest BCUT2D eigenvalue weighted by Crippen LogP contribution is -2.13. The maximum Gasteiger partial charge on any atom is 0.259 e. The number of nitrogens with zero attached hydrogens (tertiary/aromatic N) is 2. The van der Waals surface area contributed by atoms with Gasteiger partial charge in [-0.1, -0.05) is 11.6 Å². The summed E-state index contributed by atoms with van der Waals surface area (Å²) in [6.07, 6.45) is 0. The van der Waals surface area contributed by atoms with E-state index < -0.39 is 0 Å². The number of anilines is 4. The second-order valence-electron chi connectivity index (χ2n) is 6.22. The summed E-state index contributed by atoms with van der Waals surface area (Å²) in [5.74, 6) is 2.29. The van der Waals surface area contributed by atoms with Gasteiger partial charge in [-0.2, -0.15) is 0 Å². The Morgan fingerprint density at radius 1 is 1.03 bits per heavy atom. The molecule has 29 heavy (non-hydrogen) atoms. The quantitative estimate of drug-likeness (QED) is 0.513. The van der Waals surface area contributed by atoms with Crippen LogP contribution in [0.5, 0.6) is 5.75 Å². The molecule has 0 saturated heterocycles. The van der Waals surface area contributed by atoms with Crippen molar-refractivity contribution in [3.8, 4) is 5.75 Å². The van der Waals surface area contributed by atoms with E-state index in [4.69, 9.17) is 16.3 Å². The zero-order valence-electron chi connectivity index (χ0n) is 16.4. The van der Waals surface area contributed by atoms with Crippen molar-refractivity contribution < 1.29 is 9.53 Å². The van der Waals surface area contributed by atoms with Crippen molar-refractivity contribution in [3.63, 3.8) is 0 Å². The number of nitrogens with one attached hydrogen (secondary N) is 3. The number of amides is 1. The van der Waals surface area contributed by atoms with Gasteiger partial charge in [0.25, 0.3) is 5.91 Å². The summed E-state index contributed by atoms with van der Waals surface area (Å²) in [5.41, 5.74) is 1.85. The lowest BCUT2D eigenvalue weighted by atomic mass is 10.1. The number of methoxy groups -OCH3 is 1. The van der Waals surface area contributed by atoms with Gasteiger partial charge in [0.15, 0.2) is 0 Å².